The van der Waals surface area contributed by atoms with E-state index in [2.05, 4.69) is 13.2 Å². The van der Waals surface area contributed by atoms with E-state index < -0.39 is 23.0 Å². The number of ketones is 1. The van der Waals surface area contributed by atoms with Crippen molar-refractivity contribution in [3.05, 3.63) is 97.1 Å². The number of Topliss-reactive ketones (excluding diaryl/α,β-unsaturated/α-hetero) is 1. The van der Waals surface area contributed by atoms with Gasteiger partial charge in [-0.25, -0.2) is 9.59 Å². The zero-order chi connectivity index (χ0) is 24.2. The number of carbonyl (C=O) groups is 3. The summed E-state index contributed by atoms with van der Waals surface area (Å²) in [6.07, 6.45) is 1.97. The first-order valence-electron chi connectivity index (χ1n) is 11.2. The topological polar surface area (TPSA) is 76.2 Å². The Kier molecular flexibility index (Phi) is 6.54. The van der Waals surface area contributed by atoms with E-state index in [0.29, 0.717) is 0 Å². The molecule has 7 heteroatoms. The summed E-state index contributed by atoms with van der Waals surface area (Å²) in [5.41, 5.74) is -0.812. The monoisotopic (exact) mass is 460 g/mol. The quantitative estimate of drug-likeness (QED) is 0.615. The standard InChI is InChI=1S/C27H28N2O5/c1-3-15-33-24(31)28-17-26(21-11-7-5-8-12-21)19-29(25(32)34-16-4-2)20-27(18-28,23(26)30)22-13-9-6-10-14-22/h3-14H,1-2,15-20H2. The fourth-order valence-electron chi connectivity index (χ4n) is 5.10. The molecule has 0 aromatic heterocycles. The summed E-state index contributed by atoms with van der Waals surface area (Å²) in [7, 11) is 0. The van der Waals surface area contributed by atoms with Crippen LogP contribution in [0.2, 0.25) is 0 Å². The zero-order valence-electron chi connectivity index (χ0n) is 19.0. The first kappa shape index (κ1) is 23.3. The Morgan fingerprint density at radius 1 is 0.735 bits per heavy atom. The lowest BCUT2D eigenvalue weighted by molar-refractivity contribution is -0.142. The van der Waals surface area contributed by atoms with Crippen LogP contribution in [0, 0.1) is 0 Å². The molecule has 0 spiro atoms. The highest BCUT2D eigenvalue weighted by Gasteiger charge is 2.63. The van der Waals surface area contributed by atoms with Gasteiger partial charge < -0.3 is 19.3 Å². The van der Waals surface area contributed by atoms with Gasteiger partial charge in [0.1, 0.15) is 13.2 Å². The summed E-state index contributed by atoms with van der Waals surface area (Å²) >= 11 is 0. The van der Waals surface area contributed by atoms with Gasteiger partial charge in [-0.15, -0.1) is 0 Å². The van der Waals surface area contributed by atoms with E-state index in [0.717, 1.165) is 11.1 Å². The molecule has 2 bridgehead atoms. The molecule has 2 amide bonds. The molecule has 0 unspecified atom stereocenters. The molecule has 2 aromatic carbocycles. The Hall–Kier alpha value is -3.87. The molecule has 34 heavy (non-hydrogen) atoms. The van der Waals surface area contributed by atoms with Crippen LogP contribution in [0.4, 0.5) is 9.59 Å². The van der Waals surface area contributed by atoms with Crippen molar-refractivity contribution in [1.82, 2.24) is 9.80 Å². The van der Waals surface area contributed by atoms with Crippen LogP contribution in [-0.4, -0.2) is 67.2 Å². The van der Waals surface area contributed by atoms with Crippen LogP contribution in [0.15, 0.2) is 86.0 Å². The second-order valence-electron chi connectivity index (χ2n) is 8.67. The third-order valence-electron chi connectivity index (χ3n) is 6.53. The molecular formula is C27H28N2O5. The van der Waals surface area contributed by atoms with E-state index in [1.54, 1.807) is 9.80 Å². The molecule has 0 saturated carbocycles. The fraction of sp³-hybridized carbons (Fsp3) is 0.296. The Morgan fingerprint density at radius 2 is 1.09 bits per heavy atom. The van der Waals surface area contributed by atoms with Crippen molar-refractivity contribution in [1.29, 1.82) is 0 Å². The molecule has 4 rings (SSSR count). The van der Waals surface area contributed by atoms with Gasteiger partial charge in [0.2, 0.25) is 0 Å². The van der Waals surface area contributed by atoms with Crippen molar-refractivity contribution >= 4 is 18.0 Å². The Labute approximate surface area is 199 Å². The van der Waals surface area contributed by atoms with Crippen molar-refractivity contribution in [3.63, 3.8) is 0 Å². The van der Waals surface area contributed by atoms with Gasteiger partial charge in [-0.05, 0) is 11.1 Å². The van der Waals surface area contributed by atoms with E-state index in [1.807, 2.05) is 60.7 Å². The van der Waals surface area contributed by atoms with Gasteiger partial charge in [0.15, 0.2) is 5.78 Å². The Balaban J connectivity index is 1.87. The van der Waals surface area contributed by atoms with Crippen molar-refractivity contribution < 1.29 is 23.9 Å². The summed E-state index contributed by atoms with van der Waals surface area (Å²) in [6, 6.07) is 18.6. The molecule has 2 aliphatic rings. The van der Waals surface area contributed by atoms with Crippen LogP contribution in [0.3, 0.4) is 0 Å². The molecule has 2 aromatic rings. The average molecular weight is 461 g/mol. The molecule has 2 aliphatic heterocycles. The number of fused-ring (bicyclic) bond motifs is 2. The van der Waals surface area contributed by atoms with Gasteiger partial charge in [-0.3, -0.25) is 4.79 Å². The molecule has 2 saturated heterocycles. The highest BCUT2D eigenvalue weighted by molar-refractivity contribution is 6.03. The van der Waals surface area contributed by atoms with Crippen LogP contribution in [0.1, 0.15) is 11.1 Å². The van der Waals surface area contributed by atoms with E-state index >= 15 is 0 Å². The number of ether oxygens (including phenoxy) is 2. The number of benzene rings is 2. The average Bonchev–Trinajstić information content (AvgIpc) is 2.87. The normalized spacial score (nSPS) is 23.7. The Bertz CT molecular complexity index is 985. The predicted octanol–water partition coefficient (Wildman–Crippen LogP) is 3.71. The van der Waals surface area contributed by atoms with Crippen molar-refractivity contribution in [3.8, 4) is 0 Å². The van der Waals surface area contributed by atoms with Crippen LogP contribution in [0.25, 0.3) is 0 Å². The number of nitrogens with zero attached hydrogens (tertiary/aromatic N) is 2. The maximum Gasteiger partial charge on any atom is 0.410 e. The zero-order valence-corrected chi connectivity index (χ0v) is 19.0. The highest BCUT2D eigenvalue weighted by atomic mass is 16.6. The van der Waals surface area contributed by atoms with E-state index in [4.69, 9.17) is 9.47 Å². The molecule has 7 nitrogen and oxygen atoms in total. The van der Waals surface area contributed by atoms with Gasteiger partial charge in [0.25, 0.3) is 0 Å². The molecule has 2 fully saturated rings. The Morgan fingerprint density at radius 3 is 1.41 bits per heavy atom. The van der Waals surface area contributed by atoms with Crippen LogP contribution >= 0.6 is 0 Å². The molecule has 176 valence electrons. The smallest absolute Gasteiger partial charge is 0.410 e. The summed E-state index contributed by atoms with van der Waals surface area (Å²) in [5.74, 6) is -0.0158. The summed E-state index contributed by atoms with van der Waals surface area (Å²) in [6.45, 7) is 7.71. The van der Waals surface area contributed by atoms with Gasteiger partial charge in [0.05, 0.1) is 10.8 Å². The van der Waals surface area contributed by atoms with Crippen molar-refractivity contribution in [2.45, 2.75) is 10.8 Å². The lowest BCUT2D eigenvalue weighted by Crippen LogP contribution is -2.74. The second kappa shape index (κ2) is 9.55. The van der Waals surface area contributed by atoms with E-state index in [1.165, 1.54) is 12.2 Å². The van der Waals surface area contributed by atoms with Gasteiger partial charge in [-0.1, -0.05) is 86.0 Å². The number of hydrogen-bond donors (Lipinski definition) is 0. The number of piperidine rings is 2. The molecule has 0 aliphatic carbocycles. The first-order chi connectivity index (χ1) is 16.5. The number of amides is 2. The first-order valence-corrected chi connectivity index (χ1v) is 11.2. The number of carbonyl (C=O) groups excluding carboxylic acids is 3. The molecule has 0 atom stereocenters. The molecule has 0 radical (unpaired) electrons. The van der Waals surface area contributed by atoms with E-state index in [-0.39, 0.29) is 45.2 Å². The summed E-state index contributed by atoms with van der Waals surface area (Å²) in [5, 5.41) is 0. The summed E-state index contributed by atoms with van der Waals surface area (Å²) in [4.78, 5) is 43.6. The van der Waals surface area contributed by atoms with Gasteiger partial charge in [0, 0.05) is 26.2 Å². The van der Waals surface area contributed by atoms with Crippen molar-refractivity contribution in [2.24, 2.45) is 0 Å². The highest BCUT2D eigenvalue weighted by Crippen LogP contribution is 2.46. The SMILES string of the molecule is C=CCOC(=O)N1CC2(c3ccccc3)CN(C(=O)OCC=C)CC(c3ccccc3)(C1)C2=O. The third kappa shape index (κ3) is 3.98. The predicted molar refractivity (Wildman–Crippen MR) is 127 cm³/mol. The minimum absolute atomic E-state index is 0.0158. The summed E-state index contributed by atoms with van der Waals surface area (Å²) < 4.78 is 10.7. The van der Waals surface area contributed by atoms with Crippen molar-refractivity contribution in [2.75, 3.05) is 39.4 Å². The van der Waals surface area contributed by atoms with Crippen LogP contribution in [0.5, 0.6) is 0 Å². The molecular weight excluding hydrogens is 432 g/mol. The van der Waals surface area contributed by atoms with Gasteiger partial charge in [-0.2, -0.15) is 0 Å². The van der Waals surface area contributed by atoms with Crippen LogP contribution < -0.4 is 0 Å². The fourth-order valence-corrected chi connectivity index (χ4v) is 5.10. The van der Waals surface area contributed by atoms with Crippen LogP contribution in [-0.2, 0) is 25.1 Å². The second-order valence-corrected chi connectivity index (χ2v) is 8.67. The number of rotatable bonds is 6. The molecule has 0 N–H and O–H groups in total. The van der Waals surface area contributed by atoms with Gasteiger partial charge >= 0.3 is 12.2 Å². The minimum atomic E-state index is -1.14. The largest absolute Gasteiger partial charge is 0.445 e. The maximum absolute atomic E-state index is 14.4. The number of likely N-dealkylation sites (tertiary alicyclic amines) is 2. The van der Waals surface area contributed by atoms with E-state index in [9.17, 15) is 14.4 Å². The maximum atomic E-state index is 14.4. The third-order valence-corrected chi connectivity index (χ3v) is 6.53. The lowest BCUT2D eigenvalue weighted by Gasteiger charge is -2.56. The lowest BCUT2D eigenvalue weighted by atomic mass is 9.58. The molecule has 2 heterocycles. The number of hydrogen-bond acceptors (Lipinski definition) is 5. The minimum Gasteiger partial charge on any atom is -0.445 e.